The lowest BCUT2D eigenvalue weighted by Crippen LogP contribution is -2.06. The number of carbonyl (C=O) groups is 1. The van der Waals surface area contributed by atoms with E-state index < -0.39 is 21.4 Å². The number of fused-ring (bicyclic) bond motifs is 1. The summed E-state index contributed by atoms with van der Waals surface area (Å²) in [6, 6.07) is 12.5. The Kier molecular flexibility index (Phi) is 4.69. The molecule has 2 heterocycles. The third-order valence-corrected chi connectivity index (χ3v) is 6.19. The molecule has 0 aliphatic heterocycles. The monoisotopic (exact) mass is 428 g/mol. The van der Waals surface area contributed by atoms with E-state index in [9.17, 15) is 18.3 Å². The molecule has 0 amide bonds. The van der Waals surface area contributed by atoms with Crippen LogP contribution in [0.15, 0.2) is 70.9 Å². The first-order valence-corrected chi connectivity index (χ1v) is 10.2. The molecular weight excluding hydrogens is 416 g/mol. The number of carbonyl (C=O) groups excluding carboxylic acids is 1. The number of H-pyrrole nitrogens is 2. The van der Waals surface area contributed by atoms with Crippen LogP contribution >= 0.6 is 11.6 Å². The van der Waals surface area contributed by atoms with Gasteiger partial charge in [0.25, 0.3) is 0 Å². The second-order valence-corrected chi connectivity index (χ2v) is 8.39. The van der Waals surface area contributed by atoms with Crippen molar-refractivity contribution in [1.82, 2.24) is 20.2 Å². The highest BCUT2D eigenvalue weighted by Gasteiger charge is 2.28. The van der Waals surface area contributed by atoms with Gasteiger partial charge >= 0.3 is 0 Å². The fourth-order valence-electron chi connectivity index (χ4n) is 2.90. The maximum absolute atomic E-state index is 13.2. The summed E-state index contributed by atoms with van der Waals surface area (Å²) < 4.78 is 26.4. The zero-order chi connectivity index (χ0) is 20.6. The molecule has 4 aromatic rings. The van der Waals surface area contributed by atoms with Gasteiger partial charge in [-0.1, -0.05) is 29.8 Å². The molecular formula is C19H13ClN4O4S. The maximum atomic E-state index is 13.2. The van der Waals surface area contributed by atoms with Gasteiger partial charge in [-0.15, -0.1) is 0 Å². The van der Waals surface area contributed by atoms with Crippen LogP contribution in [0.1, 0.15) is 16.2 Å². The summed E-state index contributed by atoms with van der Waals surface area (Å²) in [4.78, 5) is 18.9. The van der Waals surface area contributed by atoms with E-state index in [2.05, 4.69) is 20.2 Å². The van der Waals surface area contributed by atoms with Crippen molar-refractivity contribution in [3.63, 3.8) is 0 Å². The molecule has 3 N–H and O–H groups in total. The number of hydrogen-bond donors (Lipinski definition) is 3. The lowest BCUT2D eigenvalue weighted by Gasteiger charge is -2.06. The Morgan fingerprint density at radius 3 is 2.59 bits per heavy atom. The van der Waals surface area contributed by atoms with Crippen molar-refractivity contribution >= 4 is 43.9 Å². The molecule has 0 fully saturated rings. The number of nitrogens with zero attached hydrogens (tertiary/aromatic N) is 2. The molecule has 0 saturated heterocycles. The summed E-state index contributed by atoms with van der Waals surface area (Å²) in [6.45, 7) is 0. The third-order valence-electron chi connectivity index (χ3n) is 4.22. The van der Waals surface area contributed by atoms with Gasteiger partial charge in [0.2, 0.25) is 15.6 Å². The molecule has 0 aliphatic carbocycles. The first kappa shape index (κ1) is 18.9. The molecule has 0 unspecified atom stereocenters. The van der Waals surface area contributed by atoms with E-state index in [1.165, 1.54) is 18.2 Å². The van der Waals surface area contributed by atoms with Gasteiger partial charge in [-0.2, -0.15) is 5.10 Å². The predicted molar refractivity (Wildman–Crippen MR) is 107 cm³/mol. The molecule has 0 radical (unpaired) electrons. The van der Waals surface area contributed by atoms with Crippen molar-refractivity contribution in [3.8, 4) is 0 Å². The Balaban J connectivity index is 1.96. The molecule has 146 valence electrons. The number of aromatic amines is 2. The van der Waals surface area contributed by atoms with Crippen molar-refractivity contribution in [2.24, 2.45) is 0 Å². The number of benzene rings is 2. The van der Waals surface area contributed by atoms with E-state index >= 15 is 0 Å². The molecule has 0 bridgehead atoms. The van der Waals surface area contributed by atoms with Crippen molar-refractivity contribution in [3.05, 3.63) is 77.3 Å². The van der Waals surface area contributed by atoms with Crippen LogP contribution in [-0.4, -0.2) is 39.5 Å². The van der Waals surface area contributed by atoms with Crippen molar-refractivity contribution < 1.29 is 18.3 Å². The summed E-state index contributed by atoms with van der Waals surface area (Å²) in [5.41, 5.74) is 0.380. The number of rotatable bonds is 5. The van der Waals surface area contributed by atoms with Crippen LogP contribution in [-0.2, 0) is 9.84 Å². The van der Waals surface area contributed by atoms with Crippen LogP contribution in [0.4, 0.5) is 0 Å². The third kappa shape index (κ3) is 3.41. The number of aromatic nitrogens is 4. The quantitative estimate of drug-likeness (QED) is 0.253. The van der Waals surface area contributed by atoms with Gasteiger partial charge in [0, 0.05) is 22.0 Å². The van der Waals surface area contributed by atoms with Gasteiger partial charge < -0.3 is 10.1 Å². The minimum atomic E-state index is -4.03. The Morgan fingerprint density at radius 1 is 1.14 bits per heavy atom. The number of sulfone groups is 1. The van der Waals surface area contributed by atoms with Gasteiger partial charge in [-0.05, 0) is 30.3 Å². The van der Waals surface area contributed by atoms with E-state index in [1.807, 2.05) is 0 Å². The molecule has 8 nitrogen and oxygen atoms in total. The summed E-state index contributed by atoms with van der Waals surface area (Å²) in [5, 5.41) is 17.1. The van der Waals surface area contributed by atoms with Crippen molar-refractivity contribution in [1.29, 1.82) is 0 Å². The zero-order valence-electron chi connectivity index (χ0n) is 14.6. The zero-order valence-corrected chi connectivity index (χ0v) is 16.2. The number of allylic oxidation sites excluding steroid dienone is 1. The molecule has 0 atom stereocenters. The minimum absolute atomic E-state index is 0.0354. The van der Waals surface area contributed by atoms with Crippen LogP contribution in [0, 0.1) is 0 Å². The lowest BCUT2D eigenvalue weighted by atomic mass is 10.1. The van der Waals surface area contributed by atoms with Crippen LogP contribution in [0.5, 0.6) is 0 Å². The van der Waals surface area contributed by atoms with Crippen LogP contribution in [0.2, 0.25) is 5.02 Å². The highest BCUT2D eigenvalue weighted by atomic mass is 35.5. The van der Waals surface area contributed by atoms with Gasteiger partial charge in [0.15, 0.2) is 5.82 Å². The van der Waals surface area contributed by atoms with Gasteiger partial charge in [-0.25, -0.2) is 13.4 Å². The maximum Gasteiger partial charge on any atom is 0.226 e. The van der Waals surface area contributed by atoms with Gasteiger partial charge in [-0.3, -0.25) is 9.89 Å². The smallest absolute Gasteiger partial charge is 0.226 e. The number of halogens is 1. The summed E-state index contributed by atoms with van der Waals surface area (Å²) in [5.74, 6) is -1.31. The van der Waals surface area contributed by atoms with Crippen molar-refractivity contribution in [2.75, 3.05) is 0 Å². The van der Waals surface area contributed by atoms with E-state index in [-0.39, 0.29) is 21.3 Å². The average molecular weight is 429 g/mol. The topological polar surface area (TPSA) is 129 Å². The molecule has 10 heteroatoms. The molecule has 29 heavy (non-hydrogen) atoms. The Labute approximate surface area is 169 Å². The standard InChI is InChI=1S/C19H13ClN4O4S/c20-11-6-7-14-13(8-11)17(15(25)9-16(26)18-21-10-22-24-18)19(23-14)29(27,28)12-4-2-1-3-5-12/h1-10,23,25H,(H,21,22,24)/b15-9+. The predicted octanol–water partition coefficient (Wildman–Crippen LogP) is 3.55. The van der Waals surface area contributed by atoms with E-state index in [1.54, 1.807) is 30.3 Å². The second kappa shape index (κ2) is 7.19. The number of hydrogen-bond acceptors (Lipinski definition) is 6. The van der Waals surface area contributed by atoms with Gasteiger partial charge in [0.05, 0.1) is 10.5 Å². The Hall–Kier alpha value is -3.43. The summed E-state index contributed by atoms with van der Waals surface area (Å²) >= 11 is 6.07. The summed E-state index contributed by atoms with van der Waals surface area (Å²) in [6.07, 6.45) is 2.03. The Morgan fingerprint density at radius 2 is 1.90 bits per heavy atom. The number of aliphatic hydroxyl groups excluding tert-OH is 1. The van der Waals surface area contributed by atoms with Crippen LogP contribution in [0.25, 0.3) is 16.7 Å². The fourth-order valence-corrected chi connectivity index (χ4v) is 4.55. The number of aliphatic hydroxyl groups is 1. The largest absolute Gasteiger partial charge is 0.507 e. The number of nitrogens with one attached hydrogen (secondary N) is 2. The fraction of sp³-hybridized carbons (Fsp3) is 0. The van der Waals surface area contributed by atoms with Crippen molar-refractivity contribution in [2.45, 2.75) is 9.92 Å². The van der Waals surface area contributed by atoms with E-state index in [0.29, 0.717) is 15.9 Å². The molecule has 0 spiro atoms. The average Bonchev–Trinajstić information content (AvgIpc) is 3.36. The van der Waals surface area contributed by atoms with Gasteiger partial charge in [0.1, 0.15) is 17.1 Å². The summed E-state index contributed by atoms with van der Waals surface area (Å²) in [7, 11) is -4.03. The van der Waals surface area contributed by atoms with Crippen LogP contribution in [0.3, 0.4) is 0 Å². The SMILES string of the molecule is O=C(/C=C(/O)c1c(S(=O)(=O)c2ccccc2)[nH]c2ccc(Cl)cc12)c1ncn[nH]1. The second-order valence-electron chi connectivity index (χ2n) is 6.06. The number of ketones is 1. The first-order valence-electron chi connectivity index (χ1n) is 8.30. The molecule has 2 aromatic heterocycles. The van der Waals surface area contributed by atoms with Crippen LogP contribution < -0.4 is 0 Å². The van der Waals surface area contributed by atoms with E-state index in [4.69, 9.17) is 11.6 Å². The molecule has 2 aromatic carbocycles. The molecule has 4 rings (SSSR count). The minimum Gasteiger partial charge on any atom is -0.507 e. The highest BCUT2D eigenvalue weighted by molar-refractivity contribution is 7.91. The normalized spacial score (nSPS) is 12.4. The molecule has 0 aliphatic rings. The Bertz CT molecular complexity index is 1340. The first-order chi connectivity index (χ1) is 13.9. The highest BCUT2D eigenvalue weighted by Crippen LogP contribution is 2.35. The van der Waals surface area contributed by atoms with E-state index in [0.717, 1.165) is 12.4 Å². The molecule has 0 saturated carbocycles. The lowest BCUT2D eigenvalue weighted by molar-refractivity contribution is 0.103.